The van der Waals surface area contributed by atoms with Crippen molar-refractivity contribution in [3.63, 3.8) is 0 Å². The summed E-state index contributed by atoms with van der Waals surface area (Å²) in [5.74, 6) is 0. The normalized spacial score (nSPS) is 10.4. The Balaban J connectivity index is 2.18. The number of rotatable bonds is 3. The van der Waals surface area contributed by atoms with Gasteiger partial charge in [-0.1, -0.05) is 0 Å². The Labute approximate surface area is 89.0 Å². The molecule has 0 aliphatic rings. The number of aldehydes is 1. The van der Waals surface area contributed by atoms with Gasteiger partial charge in [-0.05, 0) is 23.9 Å². The van der Waals surface area contributed by atoms with E-state index < -0.39 is 0 Å². The van der Waals surface area contributed by atoms with Gasteiger partial charge in [-0.3, -0.25) is 4.79 Å². The van der Waals surface area contributed by atoms with E-state index in [1.54, 1.807) is 12.4 Å². The molecular weight excluding hydrogens is 218 g/mol. The summed E-state index contributed by atoms with van der Waals surface area (Å²) < 4.78 is 2.88. The van der Waals surface area contributed by atoms with Crippen LogP contribution in [0.2, 0.25) is 0 Å². The Morgan fingerprint density at radius 3 is 3.00 bits per heavy atom. The molecule has 0 fully saturated rings. The maximum Gasteiger partial charge on any atom is 0.196 e. The Hall–Kier alpha value is -1.14. The third kappa shape index (κ3) is 1.85. The summed E-state index contributed by atoms with van der Waals surface area (Å²) in [4.78, 5) is 11.2. The summed E-state index contributed by atoms with van der Waals surface area (Å²) in [5.41, 5.74) is 0. The molecule has 2 aromatic heterocycles. The summed E-state index contributed by atoms with van der Waals surface area (Å²) in [6.07, 6.45) is 2.50. The molecule has 6 heteroatoms. The van der Waals surface area contributed by atoms with Gasteiger partial charge in [0, 0.05) is 7.05 Å². The molecule has 0 N–H and O–H groups in total. The zero-order chi connectivity index (χ0) is 9.97. The first-order chi connectivity index (χ1) is 6.79. The number of aromatic nitrogens is 3. The number of thiophene rings is 1. The van der Waals surface area contributed by atoms with E-state index >= 15 is 0 Å². The van der Waals surface area contributed by atoms with Crippen molar-refractivity contribution < 1.29 is 4.79 Å². The second-order valence-electron chi connectivity index (χ2n) is 2.60. The van der Waals surface area contributed by atoms with Crippen molar-refractivity contribution in [3.8, 4) is 0 Å². The van der Waals surface area contributed by atoms with Crippen molar-refractivity contribution in [1.82, 2.24) is 14.8 Å². The highest BCUT2D eigenvalue weighted by Crippen LogP contribution is 2.31. The first-order valence-corrected chi connectivity index (χ1v) is 5.50. The van der Waals surface area contributed by atoms with Crippen LogP contribution in [0.1, 0.15) is 9.67 Å². The van der Waals surface area contributed by atoms with E-state index in [0.29, 0.717) is 0 Å². The third-order valence-corrected chi connectivity index (χ3v) is 3.77. The second kappa shape index (κ2) is 3.93. The van der Waals surface area contributed by atoms with Crippen LogP contribution in [0.15, 0.2) is 27.8 Å². The molecule has 0 radical (unpaired) electrons. The molecule has 0 aliphatic carbocycles. The van der Waals surface area contributed by atoms with Crippen LogP contribution in [0.4, 0.5) is 0 Å². The van der Waals surface area contributed by atoms with Gasteiger partial charge in [0.1, 0.15) is 6.33 Å². The molecule has 0 unspecified atom stereocenters. The molecule has 0 spiro atoms. The van der Waals surface area contributed by atoms with Crippen LogP contribution >= 0.6 is 23.1 Å². The van der Waals surface area contributed by atoms with Crippen LogP contribution < -0.4 is 0 Å². The van der Waals surface area contributed by atoms with Gasteiger partial charge in [-0.25, -0.2) is 0 Å². The van der Waals surface area contributed by atoms with Crippen molar-refractivity contribution in [2.24, 2.45) is 7.05 Å². The lowest BCUT2D eigenvalue weighted by Gasteiger charge is -1.95. The Morgan fingerprint density at radius 2 is 2.43 bits per heavy atom. The smallest absolute Gasteiger partial charge is 0.196 e. The average Bonchev–Trinajstić information content (AvgIpc) is 2.77. The predicted octanol–water partition coefficient (Wildman–Crippen LogP) is 1.84. The molecule has 2 rings (SSSR count). The predicted molar refractivity (Wildman–Crippen MR) is 54.8 cm³/mol. The van der Waals surface area contributed by atoms with Crippen LogP contribution in [0.25, 0.3) is 0 Å². The van der Waals surface area contributed by atoms with E-state index in [-0.39, 0.29) is 0 Å². The van der Waals surface area contributed by atoms with Crippen LogP contribution in [0.3, 0.4) is 0 Å². The largest absolute Gasteiger partial charge is 0.311 e. The summed E-state index contributed by atoms with van der Waals surface area (Å²) in [6, 6.07) is 3.71. The maximum atomic E-state index is 10.5. The standard InChI is InChI=1S/C8H7N3OS2/c1-11-5-9-10-8(11)14-7-3-2-6(4-12)13-7/h2-5H,1H3. The van der Waals surface area contributed by atoms with E-state index in [0.717, 1.165) is 20.5 Å². The number of carbonyl (C=O) groups is 1. The van der Waals surface area contributed by atoms with Crippen molar-refractivity contribution in [3.05, 3.63) is 23.3 Å². The van der Waals surface area contributed by atoms with E-state index in [4.69, 9.17) is 0 Å². The van der Waals surface area contributed by atoms with Crippen LogP contribution in [-0.4, -0.2) is 21.1 Å². The lowest BCUT2D eigenvalue weighted by molar-refractivity contribution is 0.112. The fraction of sp³-hybridized carbons (Fsp3) is 0.125. The molecular formula is C8H7N3OS2. The van der Waals surface area contributed by atoms with Gasteiger partial charge in [-0.2, -0.15) is 0 Å². The zero-order valence-corrected chi connectivity index (χ0v) is 9.01. The van der Waals surface area contributed by atoms with Gasteiger partial charge >= 0.3 is 0 Å². The molecule has 0 atom stereocenters. The van der Waals surface area contributed by atoms with Crippen molar-refractivity contribution in [1.29, 1.82) is 0 Å². The number of hydrogen-bond acceptors (Lipinski definition) is 5. The highest BCUT2D eigenvalue weighted by Gasteiger charge is 2.05. The molecule has 0 bridgehead atoms. The number of aryl methyl sites for hydroxylation is 1. The van der Waals surface area contributed by atoms with E-state index in [2.05, 4.69) is 10.2 Å². The van der Waals surface area contributed by atoms with Gasteiger partial charge in [0.05, 0.1) is 9.09 Å². The fourth-order valence-electron chi connectivity index (χ4n) is 0.908. The molecule has 14 heavy (non-hydrogen) atoms. The molecule has 2 heterocycles. The molecule has 72 valence electrons. The van der Waals surface area contributed by atoms with E-state index in [1.807, 2.05) is 17.7 Å². The molecule has 4 nitrogen and oxygen atoms in total. The highest BCUT2D eigenvalue weighted by atomic mass is 32.2. The fourth-order valence-corrected chi connectivity index (χ4v) is 2.73. The zero-order valence-electron chi connectivity index (χ0n) is 7.38. The van der Waals surface area contributed by atoms with Crippen molar-refractivity contribution >= 4 is 29.4 Å². The molecule has 0 amide bonds. The first-order valence-electron chi connectivity index (χ1n) is 3.86. The molecule has 0 saturated carbocycles. The minimum atomic E-state index is 0.731. The number of carbonyl (C=O) groups excluding carboxylic acids is 1. The van der Waals surface area contributed by atoms with Gasteiger partial charge in [0.2, 0.25) is 0 Å². The molecule has 0 aromatic carbocycles. The SMILES string of the molecule is Cn1cnnc1Sc1ccc(C=O)s1. The summed E-state index contributed by atoms with van der Waals surface area (Å²) in [6.45, 7) is 0. The Kier molecular flexibility index (Phi) is 2.64. The lowest BCUT2D eigenvalue weighted by Crippen LogP contribution is -1.86. The van der Waals surface area contributed by atoms with Crippen LogP contribution in [0.5, 0.6) is 0 Å². The van der Waals surface area contributed by atoms with Gasteiger partial charge < -0.3 is 4.57 Å². The third-order valence-electron chi connectivity index (χ3n) is 1.58. The second-order valence-corrected chi connectivity index (χ2v) is 4.98. The van der Waals surface area contributed by atoms with Gasteiger partial charge in [0.15, 0.2) is 11.4 Å². The molecule has 0 saturated heterocycles. The summed E-state index contributed by atoms with van der Waals surface area (Å²) in [5, 5.41) is 8.54. The average molecular weight is 225 g/mol. The number of hydrogen-bond donors (Lipinski definition) is 0. The summed E-state index contributed by atoms with van der Waals surface area (Å²) in [7, 11) is 1.89. The van der Waals surface area contributed by atoms with Gasteiger partial charge in [-0.15, -0.1) is 21.5 Å². The van der Waals surface area contributed by atoms with E-state index in [9.17, 15) is 4.79 Å². The number of nitrogens with zero attached hydrogens (tertiary/aromatic N) is 3. The maximum absolute atomic E-state index is 10.5. The monoisotopic (exact) mass is 225 g/mol. The minimum absolute atomic E-state index is 0.731. The van der Waals surface area contributed by atoms with Crippen molar-refractivity contribution in [2.75, 3.05) is 0 Å². The lowest BCUT2D eigenvalue weighted by atomic mass is 10.5. The van der Waals surface area contributed by atoms with Crippen LogP contribution in [0, 0.1) is 0 Å². The topological polar surface area (TPSA) is 47.8 Å². The quantitative estimate of drug-likeness (QED) is 0.748. The molecule has 0 aliphatic heterocycles. The Bertz CT molecular complexity index is 449. The minimum Gasteiger partial charge on any atom is -0.311 e. The van der Waals surface area contributed by atoms with E-state index in [1.165, 1.54) is 23.1 Å². The summed E-state index contributed by atoms with van der Waals surface area (Å²) >= 11 is 2.96. The van der Waals surface area contributed by atoms with Gasteiger partial charge in [0.25, 0.3) is 0 Å². The van der Waals surface area contributed by atoms with Crippen molar-refractivity contribution in [2.45, 2.75) is 9.37 Å². The van der Waals surface area contributed by atoms with Crippen LogP contribution in [-0.2, 0) is 7.05 Å². The molecule has 2 aromatic rings. The Morgan fingerprint density at radius 1 is 1.57 bits per heavy atom. The first kappa shape index (κ1) is 9.42. The highest BCUT2D eigenvalue weighted by molar-refractivity contribution is 8.01.